The van der Waals surface area contributed by atoms with Gasteiger partial charge in [0.25, 0.3) is 0 Å². The zero-order valence-corrected chi connectivity index (χ0v) is 13.6. The van der Waals surface area contributed by atoms with Crippen molar-refractivity contribution in [1.82, 2.24) is 10.3 Å². The Hall–Kier alpha value is -1.30. The summed E-state index contributed by atoms with van der Waals surface area (Å²) in [7, 11) is 0. The van der Waals surface area contributed by atoms with Crippen LogP contribution in [0.5, 0.6) is 0 Å². The molecule has 1 aromatic carbocycles. The Morgan fingerprint density at radius 3 is 2.67 bits per heavy atom. The summed E-state index contributed by atoms with van der Waals surface area (Å²) in [6, 6.07) is 4.45. The lowest BCUT2D eigenvalue weighted by Crippen LogP contribution is -2.39. The van der Waals surface area contributed by atoms with Gasteiger partial charge in [-0.1, -0.05) is 6.07 Å². The average Bonchev–Trinajstić information content (AvgIpc) is 2.84. The van der Waals surface area contributed by atoms with Gasteiger partial charge in [-0.05, 0) is 51.0 Å². The number of hydrogen-bond acceptors (Lipinski definition) is 4. The fraction of sp³-hybridized carbons (Fsp3) is 0.438. The normalized spacial score (nSPS) is 13.4. The lowest BCUT2D eigenvalue weighted by atomic mass is 10.0. The molecule has 3 nitrogen and oxygen atoms in total. The van der Waals surface area contributed by atoms with Crippen molar-refractivity contribution < 1.29 is 9.50 Å². The van der Waals surface area contributed by atoms with Crippen LogP contribution in [0.3, 0.4) is 0 Å². The van der Waals surface area contributed by atoms with Crippen molar-refractivity contribution in [2.24, 2.45) is 0 Å². The topological polar surface area (TPSA) is 45.1 Å². The lowest BCUT2D eigenvalue weighted by molar-refractivity contribution is 0.160. The molecule has 114 valence electrons. The van der Waals surface area contributed by atoms with Crippen LogP contribution in [0, 0.1) is 19.7 Å². The second-order valence-corrected chi connectivity index (χ2v) is 6.67. The molecule has 0 aliphatic heterocycles. The first-order valence-electron chi connectivity index (χ1n) is 6.91. The second-order valence-electron chi connectivity index (χ2n) is 5.82. The highest BCUT2D eigenvalue weighted by atomic mass is 32.1. The maximum atomic E-state index is 13.1. The van der Waals surface area contributed by atoms with E-state index in [1.807, 2.05) is 26.2 Å². The summed E-state index contributed by atoms with van der Waals surface area (Å²) in [4.78, 5) is 4.49. The van der Waals surface area contributed by atoms with Crippen molar-refractivity contribution in [3.63, 3.8) is 0 Å². The van der Waals surface area contributed by atoms with E-state index in [0.717, 1.165) is 21.8 Å². The van der Waals surface area contributed by atoms with E-state index in [1.54, 1.807) is 24.3 Å². The molecule has 0 bridgehead atoms. The number of nitrogens with zero attached hydrogens (tertiary/aromatic N) is 1. The molecule has 0 saturated heterocycles. The zero-order valence-electron chi connectivity index (χ0n) is 12.8. The van der Waals surface area contributed by atoms with Gasteiger partial charge in [-0.3, -0.25) is 0 Å². The molecule has 1 heterocycles. The molecule has 21 heavy (non-hydrogen) atoms. The summed E-state index contributed by atoms with van der Waals surface area (Å²) in [5, 5.41) is 16.6. The van der Waals surface area contributed by atoms with Crippen LogP contribution >= 0.6 is 11.3 Å². The number of hydrogen-bond donors (Lipinski definition) is 2. The van der Waals surface area contributed by atoms with E-state index in [1.165, 1.54) is 12.1 Å². The molecule has 2 N–H and O–H groups in total. The third-order valence-corrected chi connectivity index (χ3v) is 4.77. The van der Waals surface area contributed by atoms with Crippen LogP contribution in [0.4, 0.5) is 4.39 Å². The summed E-state index contributed by atoms with van der Waals surface area (Å²) in [6.07, 6.45) is -0.675. The van der Waals surface area contributed by atoms with E-state index in [0.29, 0.717) is 6.54 Å². The first-order chi connectivity index (χ1) is 9.79. The van der Waals surface area contributed by atoms with Gasteiger partial charge in [0.05, 0.1) is 11.6 Å². The second kappa shape index (κ2) is 6.22. The van der Waals surface area contributed by atoms with Crippen LogP contribution in [0.25, 0.3) is 0 Å². The Kier molecular flexibility index (Phi) is 4.76. The van der Waals surface area contributed by atoms with Crippen LogP contribution in [-0.4, -0.2) is 16.6 Å². The highest BCUT2D eigenvalue weighted by Gasteiger charge is 2.24. The third-order valence-electron chi connectivity index (χ3n) is 3.48. The first kappa shape index (κ1) is 16.1. The molecule has 0 spiro atoms. The standard InChI is InChI=1S/C16H21FN2OS/c1-10-7-12(17)5-6-13(10)14(20)8-18-16(3,4)15-19-11(2)9-21-15/h5-7,9,14,18,20H,8H2,1-4H3. The van der Waals surface area contributed by atoms with E-state index < -0.39 is 6.10 Å². The Morgan fingerprint density at radius 2 is 2.10 bits per heavy atom. The molecule has 0 radical (unpaired) electrons. The van der Waals surface area contributed by atoms with E-state index in [9.17, 15) is 9.50 Å². The molecule has 1 aromatic heterocycles. The minimum atomic E-state index is -0.675. The van der Waals surface area contributed by atoms with E-state index >= 15 is 0 Å². The molecule has 0 aliphatic rings. The van der Waals surface area contributed by atoms with Crippen molar-refractivity contribution >= 4 is 11.3 Å². The molecule has 1 unspecified atom stereocenters. The molecular formula is C16H21FN2OS. The van der Waals surface area contributed by atoms with Crippen molar-refractivity contribution in [2.75, 3.05) is 6.54 Å². The van der Waals surface area contributed by atoms with Gasteiger partial charge in [0.1, 0.15) is 10.8 Å². The highest BCUT2D eigenvalue weighted by Crippen LogP contribution is 2.25. The van der Waals surface area contributed by atoms with Crippen LogP contribution < -0.4 is 5.32 Å². The monoisotopic (exact) mass is 308 g/mol. The smallest absolute Gasteiger partial charge is 0.123 e. The van der Waals surface area contributed by atoms with Crippen LogP contribution in [0.15, 0.2) is 23.6 Å². The SMILES string of the molecule is Cc1csc(C(C)(C)NCC(O)c2ccc(F)cc2C)n1. The molecule has 2 aromatic rings. The molecular weight excluding hydrogens is 287 g/mol. The molecule has 0 aliphatic carbocycles. The van der Waals surface area contributed by atoms with Gasteiger partial charge in [0.15, 0.2) is 0 Å². The number of aromatic nitrogens is 1. The number of rotatable bonds is 5. The summed E-state index contributed by atoms with van der Waals surface area (Å²) in [6.45, 7) is 8.23. The zero-order chi connectivity index (χ0) is 15.6. The average molecular weight is 308 g/mol. The molecule has 1 atom stereocenters. The molecule has 0 fully saturated rings. The number of halogens is 1. The van der Waals surface area contributed by atoms with Crippen LogP contribution in [-0.2, 0) is 5.54 Å². The molecule has 2 rings (SSSR count). The maximum absolute atomic E-state index is 13.1. The first-order valence-corrected chi connectivity index (χ1v) is 7.79. The van der Waals surface area contributed by atoms with E-state index in [4.69, 9.17) is 0 Å². The molecule has 0 amide bonds. The van der Waals surface area contributed by atoms with Gasteiger partial charge < -0.3 is 10.4 Å². The third kappa shape index (κ3) is 3.87. The van der Waals surface area contributed by atoms with Gasteiger partial charge >= 0.3 is 0 Å². The fourth-order valence-electron chi connectivity index (χ4n) is 2.19. The maximum Gasteiger partial charge on any atom is 0.123 e. The van der Waals surface area contributed by atoms with Gasteiger partial charge in [0, 0.05) is 17.6 Å². The Bertz CT molecular complexity index is 624. The van der Waals surface area contributed by atoms with Gasteiger partial charge in [-0.15, -0.1) is 11.3 Å². The van der Waals surface area contributed by atoms with Crippen molar-refractivity contribution in [2.45, 2.75) is 39.3 Å². The fourth-order valence-corrected chi connectivity index (χ4v) is 3.09. The number of aliphatic hydroxyl groups excluding tert-OH is 1. The Balaban J connectivity index is 2.05. The van der Waals surface area contributed by atoms with Crippen LogP contribution in [0.1, 0.15) is 41.8 Å². The van der Waals surface area contributed by atoms with E-state index in [-0.39, 0.29) is 11.4 Å². The van der Waals surface area contributed by atoms with E-state index in [2.05, 4.69) is 10.3 Å². The summed E-state index contributed by atoms with van der Waals surface area (Å²) >= 11 is 1.60. The van der Waals surface area contributed by atoms with Crippen molar-refractivity contribution in [1.29, 1.82) is 0 Å². The summed E-state index contributed by atoms with van der Waals surface area (Å²) in [5.74, 6) is -0.282. The predicted molar refractivity (Wildman–Crippen MR) is 84.0 cm³/mol. The quantitative estimate of drug-likeness (QED) is 0.889. The van der Waals surface area contributed by atoms with Gasteiger partial charge in [-0.2, -0.15) is 0 Å². The highest BCUT2D eigenvalue weighted by molar-refractivity contribution is 7.09. The van der Waals surface area contributed by atoms with Crippen LogP contribution in [0.2, 0.25) is 0 Å². The van der Waals surface area contributed by atoms with Crippen molar-refractivity contribution in [3.8, 4) is 0 Å². The summed E-state index contributed by atoms with van der Waals surface area (Å²) in [5.41, 5.74) is 2.19. The minimum Gasteiger partial charge on any atom is -0.387 e. The molecule has 0 saturated carbocycles. The number of thiazole rings is 1. The predicted octanol–water partition coefficient (Wildman–Crippen LogP) is 3.46. The number of benzene rings is 1. The lowest BCUT2D eigenvalue weighted by Gasteiger charge is -2.26. The summed E-state index contributed by atoms with van der Waals surface area (Å²) < 4.78 is 13.1. The Labute approximate surface area is 128 Å². The van der Waals surface area contributed by atoms with Gasteiger partial charge in [0.2, 0.25) is 0 Å². The van der Waals surface area contributed by atoms with Crippen molar-refractivity contribution in [3.05, 3.63) is 51.2 Å². The minimum absolute atomic E-state index is 0.282. The molecule has 5 heteroatoms. The largest absolute Gasteiger partial charge is 0.387 e. The number of nitrogens with one attached hydrogen (secondary N) is 1. The Morgan fingerprint density at radius 1 is 1.38 bits per heavy atom. The number of aryl methyl sites for hydroxylation is 2. The number of aliphatic hydroxyl groups is 1. The van der Waals surface area contributed by atoms with Gasteiger partial charge in [-0.25, -0.2) is 9.37 Å².